The molecule has 1 aromatic carbocycles. The number of nitrogens with one attached hydrogen (secondary N) is 1. The summed E-state index contributed by atoms with van der Waals surface area (Å²) >= 11 is 0. The van der Waals surface area contributed by atoms with E-state index >= 15 is 0 Å². The third-order valence-electron chi connectivity index (χ3n) is 1.80. The maximum Gasteiger partial charge on any atom is 0.0896 e. The molecular weight excluding hydrogens is 174 g/mol. The summed E-state index contributed by atoms with van der Waals surface area (Å²) in [6.07, 6.45) is 1.71. The SMILES string of the molecule is C=C/C(=N\NCN)c1cccc(C)c1.[HH]. The molecule has 1 aromatic rings. The molecule has 1 rings (SSSR count). The fraction of sp³-hybridized carbons (Fsp3) is 0.182. The van der Waals surface area contributed by atoms with E-state index in [9.17, 15) is 0 Å². The van der Waals surface area contributed by atoms with Gasteiger partial charge in [-0.1, -0.05) is 30.3 Å². The molecule has 0 fully saturated rings. The van der Waals surface area contributed by atoms with Gasteiger partial charge in [-0.05, 0) is 19.1 Å². The Bertz CT molecular complexity index is 347. The van der Waals surface area contributed by atoms with Gasteiger partial charge in [0.25, 0.3) is 0 Å². The zero-order valence-corrected chi connectivity index (χ0v) is 8.33. The molecule has 0 aromatic heterocycles. The molecule has 0 saturated heterocycles. The van der Waals surface area contributed by atoms with Gasteiger partial charge in [0.1, 0.15) is 0 Å². The highest BCUT2D eigenvalue weighted by Gasteiger charge is 1.98. The predicted octanol–water partition coefficient (Wildman–Crippen LogP) is 1.64. The lowest BCUT2D eigenvalue weighted by Gasteiger charge is -2.03. The Labute approximate surface area is 85.8 Å². The van der Waals surface area contributed by atoms with Crippen LogP contribution in [0, 0.1) is 6.92 Å². The number of hydrogen-bond acceptors (Lipinski definition) is 3. The van der Waals surface area contributed by atoms with E-state index in [1.807, 2.05) is 25.1 Å². The summed E-state index contributed by atoms with van der Waals surface area (Å²) in [7, 11) is 0. The molecule has 0 amide bonds. The van der Waals surface area contributed by atoms with Crippen LogP contribution in [0.4, 0.5) is 0 Å². The van der Waals surface area contributed by atoms with Crippen LogP contribution < -0.4 is 11.2 Å². The van der Waals surface area contributed by atoms with Crippen molar-refractivity contribution >= 4 is 5.71 Å². The molecule has 0 aliphatic heterocycles. The standard InChI is InChI=1S/C11H15N3.H2/c1-3-11(14-13-8-12)10-6-4-5-9(2)7-10;/h3-7,13H,1,8,12H2,2H3;1H/b14-11+;. The second-order valence-electron chi connectivity index (χ2n) is 2.93. The Kier molecular flexibility index (Phi) is 3.88. The first kappa shape index (κ1) is 10.5. The lowest BCUT2D eigenvalue weighted by molar-refractivity contribution is 0.762. The van der Waals surface area contributed by atoms with Crippen molar-refractivity contribution in [3.05, 3.63) is 48.0 Å². The third-order valence-corrected chi connectivity index (χ3v) is 1.80. The zero-order valence-electron chi connectivity index (χ0n) is 8.33. The van der Waals surface area contributed by atoms with Crippen LogP contribution in [-0.2, 0) is 0 Å². The van der Waals surface area contributed by atoms with Crippen LogP contribution in [0.25, 0.3) is 0 Å². The highest BCUT2D eigenvalue weighted by molar-refractivity contribution is 6.08. The first-order valence-electron chi connectivity index (χ1n) is 4.48. The van der Waals surface area contributed by atoms with Gasteiger partial charge in [-0.15, -0.1) is 0 Å². The van der Waals surface area contributed by atoms with Gasteiger partial charge in [-0.3, -0.25) is 5.43 Å². The van der Waals surface area contributed by atoms with Crippen LogP contribution in [0.2, 0.25) is 0 Å². The summed E-state index contributed by atoms with van der Waals surface area (Å²) in [4.78, 5) is 0. The summed E-state index contributed by atoms with van der Waals surface area (Å²) in [5.74, 6) is 0. The smallest absolute Gasteiger partial charge is 0.0896 e. The Hall–Kier alpha value is -1.61. The number of rotatable bonds is 4. The number of aryl methyl sites for hydroxylation is 1. The minimum atomic E-state index is 0. The summed E-state index contributed by atoms with van der Waals surface area (Å²) in [5.41, 5.74) is 11.0. The molecule has 0 spiro atoms. The minimum Gasteiger partial charge on any atom is -0.313 e. The molecule has 3 nitrogen and oxygen atoms in total. The van der Waals surface area contributed by atoms with Gasteiger partial charge in [-0.2, -0.15) is 5.10 Å². The first-order valence-corrected chi connectivity index (χ1v) is 4.48. The van der Waals surface area contributed by atoms with E-state index in [4.69, 9.17) is 5.73 Å². The van der Waals surface area contributed by atoms with Crippen LogP contribution >= 0.6 is 0 Å². The number of hydrazone groups is 1. The molecule has 0 atom stereocenters. The van der Waals surface area contributed by atoms with Crippen molar-refractivity contribution in [3.63, 3.8) is 0 Å². The molecule has 0 aliphatic carbocycles. The fourth-order valence-electron chi connectivity index (χ4n) is 1.16. The fourth-order valence-corrected chi connectivity index (χ4v) is 1.16. The Morgan fingerprint density at radius 1 is 1.71 bits per heavy atom. The van der Waals surface area contributed by atoms with Crippen molar-refractivity contribution < 1.29 is 1.43 Å². The maximum absolute atomic E-state index is 5.29. The quantitative estimate of drug-likeness (QED) is 0.432. The second kappa shape index (κ2) is 5.19. The largest absolute Gasteiger partial charge is 0.313 e. The summed E-state index contributed by atoms with van der Waals surface area (Å²) in [5, 5.41) is 4.10. The van der Waals surface area contributed by atoms with Crippen molar-refractivity contribution in [3.8, 4) is 0 Å². The van der Waals surface area contributed by atoms with Crippen LogP contribution in [0.15, 0.2) is 42.0 Å². The van der Waals surface area contributed by atoms with Crippen molar-refractivity contribution in [2.75, 3.05) is 6.67 Å². The Morgan fingerprint density at radius 3 is 3.07 bits per heavy atom. The van der Waals surface area contributed by atoms with Crippen LogP contribution in [-0.4, -0.2) is 12.4 Å². The average molecular weight is 191 g/mol. The molecule has 0 aliphatic rings. The van der Waals surface area contributed by atoms with Gasteiger partial charge < -0.3 is 5.73 Å². The monoisotopic (exact) mass is 191 g/mol. The van der Waals surface area contributed by atoms with E-state index in [2.05, 4.69) is 23.2 Å². The Morgan fingerprint density at radius 2 is 2.50 bits per heavy atom. The van der Waals surface area contributed by atoms with Crippen molar-refractivity contribution in [2.24, 2.45) is 10.8 Å². The molecule has 0 heterocycles. The van der Waals surface area contributed by atoms with Gasteiger partial charge >= 0.3 is 0 Å². The number of nitrogens with two attached hydrogens (primary N) is 1. The molecule has 3 heteroatoms. The molecule has 3 N–H and O–H groups in total. The van der Waals surface area contributed by atoms with Gasteiger partial charge in [0.15, 0.2) is 0 Å². The van der Waals surface area contributed by atoms with Crippen LogP contribution in [0.3, 0.4) is 0 Å². The Balaban J connectivity index is 0.00000196. The second-order valence-corrected chi connectivity index (χ2v) is 2.93. The highest BCUT2D eigenvalue weighted by Crippen LogP contribution is 2.05. The summed E-state index contributed by atoms with van der Waals surface area (Å²) < 4.78 is 0. The molecule has 0 unspecified atom stereocenters. The third kappa shape index (κ3) is 2.71. The average Bonchev–Trinajstić information content (AvgIpc) is 2.19. The molecule has 14 heavy (non-hydrogen) atoms. The molecular formula is C11H17N3. The van der Waals surface area contributed by atoms with E-state index in [1.165, 1.54) is 5.56 Å². The number of allylic oxidation sites excluding steroid dienone is 1. The summed E-state index contributed by atoms with van der Waals surface area (Å²) in [6.45, 7) is 6.07. The normalized spacial score (nSPS) is 11.1. The minimum absolute atomic E-state index is 0. The van der Waals surface area contributed by atoms with Crippen molar-refractivity contribution in [1.29, 1.82) is 0 Å². The van der Waals surface area contributed by atoms with Gasteiger partial charge in [0, 0.05) is 6.99 Å². The van der Waals surface area contributed by atoms with Crippen molar-refractivity contribution in [1.82, 2.24) is 5.43 Å². The van der Waals surface area contributed by atoms with Crippen LogP contribution in [0.5, 0.6) is 0 Å². The highest BCUT2D eigenvalue weighted by atomic mass is 15.3. The van der Waals surface area contributed by atoms with Gasteiger partial charge in [0.2, 0.25) is 0 Å². The van der Waals surface area contributed by atoms with Gasteiger partial charge in [-0.25, -0.2) is 0 Å². The lowest BCUT2D eigenvalue weighted by Crippen LogP contribution is -2.18. The molecule has 0 saturated carbocycles. The number of hydrogen-bond donors (Lipinski definition) is 2. The molecule has 76 valence electrons. The topological polar surface area (TPSA) is 50.4 Å². The first-order chi connectivity index (χ1) is 6.77. The molecule has 0 bridgehead atoms. The van der Waals surface area contributed by atoms with E-state index in [1.54, 1.807) is 6.08 Å². The molecule has 0 radical (unpaired) electrons. The van der Waals surface area contributed by atoms with E-state index < -0.39 is 0 Å². The lowest BCUT2D eigenvalue weighted by atomic mass is 10.1. The number of nitrogens with zero attached hydrogens (tertiary/aromatic N) is 1. The summed E-state index contributed by atoms with van der Waals surface area (Å²) in [6, 6.07) is 8.08. The van der Waals surface area contributed by atoms with Gasteiger partial charge in [0.05, 0.1) is 12.4 Å². The van der Waals surface area contributed by atoms with E-state index in [-0.39, 0.29) is 1.43 Å². The number of benzene rings is 1. The van der Waals surface area contributed by atoms with E-state index in [0.29, 0.717) is 6.67 Å². The van der Waals surface area contributed by atoms with Crippen LogP contribution in [0.1, 0.15) is 12.6 Å². The maximum atomic E-state index is 5.29. The predicted molar refractivity (Wildman–Crippen MR) is 62.2 cm³/mol. The zero-order chi connectivity index (χ0) is 10.4. The van der Waals surface area contributed by atoms with E-state index in [0.717, 1.165) is 11.3 Å². The van der Waals surface area contributed by atoms with Crippen molar-refractivity contribution in [2.45, 2.75) is 6.92 Å².